The van der Waals surface area contributed by atoms with Gasteiger partial charge in [-0.05, 0) is 30.5 Å². The van der Waals surface area contributed by atoms with Crippen LogP contribution in [0.2, 0.25) is 0 Å². The molecule has 27 heavy (non-hydrogen) atoms. The minimum Gasteiger partial charge on any atom is -0.506 e. The van der Waals surface area contributed by atoms with Gasteiger partial charge in [-0.2, -0.15) is 23.1 Å². The van der Waals surface area contributed by atoms with Crippen molar-refractivity contribution in [1.82, 2.24) is 15.0 Å². The van der Waals surface area contributed by atoms with Gasteiger partial charge in [0.05, 0.1) is 10.5 Å². The molecule has 11 heteroatoms. The first-order valence-electron chi connectivity index (χ1n) is 7.72. The highest BCUT2D eigenvalue weighted by Gasteiger charge is 2.42. The highest BCUT2D eigenvalue weighted by Crippen LogP contribution is 2.38. The maximum atomic E-state index is 12.9. The summed E-state index contributed by atoms with van der Waals surface area (Å²) in [6, 6.07) is 2.94. The van der Waals surface area contributed by atoms with Crippen LogP contribution in [-0.2, 0) is 4.79 Å². The molecule has 0 aliphatic heterocycles. The summed E-state index contributed by atoms with van der Waals surface area (Å²) in [5, 5.41) is 12.1. The number of ketones is 1. The zero-order valence-corrected chi connectivity index (χ0v) is 15.5. The number of nitrogens with zero attached hydrogens (tertiary/aromatic N) is 4. The van der Waals surface area contributed by atoms with Crippen molar-refractivity contribution in [1.29, 1.82) is 0 Å². The third kappa shape index (κ3) is 4.72. The summed E-state index contributed by atoms with van der Waals surface area (Å²) in [5.41, 5.74) is -0.968. The van der Waals surface area contributed by atoms with Crippen molar-refractivity contribution >= 4 is 46.8 Å². The molecule has 2 aromatic heterocycles. The van der Waals surface area contributed by atoms with Gasteiger partial charge in [-0.1, -0.05) is 17.8 Å². The summed E-state index contributed by atoms with van der Waals surface area (Å²) < 4.78 is 38.8. The van der Waals surface area contributed by atoms with E-state index in [1.807, 2.05) is 0 Å². The van der Waals surface area contributed by atoms with Crippen molar-refractivity contribution in [2.45, 2.75) is 30.1 Å². The zero-order valence-electron chi connectivity index (χ0n) is 13.9. The van der Waals surface area contributed by atoms with Gasteiger partial charge in [-0.15, -0.1) is 11.3 Å². The Balaban J connectivity index is 2.01. The van der Waals surface area contributed by atoms with E-state index in [0.717, 1.165) is 24.2 Å². The Bertz CT molecular complexity index is 907. The van der Waals surface area contributed by atoms with E-state index < -0.39 is 23.3 Å². The van der Waals surface area contributed by atoms with Gasteiger partial charge in [-0.3, -0.25) is 4.79 Å². The first-order chi connectivity index (χ1) is 12.8. The Kier molecular flexibility index (Phi) is 5.61. The lowest BCUT2D eigenvalue weighted by Crippen LogP contribution is -2.26. The van der Waals surface area contributed by atoms with Crippen molar-refractivity contribution in [3.05, 3.63) is 33.8 Å². The molecule has 2 heterocycles. The molecule has 1 aliphatic rings. The van der Waals surface area contributed by atoms with E-state index >= 15 is 0 Å². The van der Waals surface area contributed by atoms with E-state index in [9.17, 15) is 23.1 Å². The van der Waals surface area contributed by atoms with Gasteiger partial charge in [-0.25, -0.2) is 9.98 Å². The number of alkyl halides is 3. The number of aromatic nitrogens is 3. The van der Waals surface area contributed by atoms with E-state index in [1.165, 1.54) is 17.8 Å². The number of thiophene rings is 1. The van der Waals surface area contributed by atoms with Crippen LogP contribution in [0.3, 0.4) is 0 Å². The topological polar surface area (TPSA) is 88.3 Å². The molecule has 0 spiro atoms. The van der Waals surface area contributed by atoms with E-state index in [4.69, 9.17) is 0 Å². The molecular weight excluding hydrogens is 401 g/mol. The molecule has 0 amide bonds. The first kappa shape index (κ1) is 19.5. The standard InChI is InChI=1S/C16H13F3N4O2S2/c1-26-15-22-13(8-4-5-8)21-14(23-15)20-7-9(12(25)16(17,18)19)11(24)10-3-2-6-27-10/h2-3,6-8,24H,4-5H2,1H3. The predicted molar refractivity (Wildman–Crippen MR) is 96.7 cm³/mol. The molecular formula is C16H13F3N4O2S2. The van der Waals surface area contributed by atoms with E-state index in [1.54, 1.807) is 17.7 Å². The van der Waals surface area contributed by atoms with Gasteiger partial charge < -0.3 is 5.11 Å². The second-order valence-corrected chi connectivity index (χ2v) is 7.30. The Morgan fingerprint density at radius 3 is 2.67 bits per heavy atom. The van der Waals surface area contributed by atoms with Gasteiger partial charge in [0.25, 0.3) is 11.7 Å². The molecule has 0 atom stereocenters. The lowest BCUT2D eigenvalue weighted by atomic mass is 10.1. The number of allylic oxidation sites excluding steroid dienone is 1. The average Bonchev–Trinajstić information content (AvgIpc) is 3.34. The van der Waals surface area contributed by atoms with Crippen LogP contribution < -0.4 is 0 Å². The lowest BCUT2D eigenvalue weighted by Gasteiger charge is -2.08. The third-order valence-corrected chi connectivity index (χ3v) is 4.99. The normalized spacial score (nSPS) is 15.9. The van der Waals surface area contributed by atoms with Gasteiger partial charge in [0.15, 0.2) is 5.16 Å². The number of aliphatic imine (C=N–C) groups is 1. The van der Waals surface area contributed by atoms with Gasteiger partial charge in [0, 0.05) is 12.1 Å². The van der Waals surface area contributed by atoms with Gasteiger partial charge in [0.2, 0.25) is 0 Å². The maximum Gasteiger partial charge on any atom is 0.455 e. The number of rotatable bonds is 6. The minimum absolute atomic E-state index is 0.109. The van der Waals surface area contributed by atoms with Crippen LogP contribution in [0.25, 0.3) is 5.76 Å². The summed E-state index contributed by atoms with van der Waals surface area (Å²) in [5.74, 6) is -2.38. The van der Waals surface area contributed by atoms with Crippen molar-refractivity contribution in [3.63, 3.8) is 0 Å². The quantitative estimate of drug-likeness (QED) is 0.328. The maximum absolute atomic E-state index is 12.9. The van der Waals surface area contributed by atoms with Crippen molar-refractivity contribution in [2.24, 2.45) is 4.99 Å². The van der Waals surface area contributed by atoms with Crippen molar-refractivity contribution in [2.75, 3.05) is 6.26 Å². The Labute approximate surface area is 160 Å². The summed E-state index contributed by atoms with van der Waals surface area (Å²) >= 11 is 2.24. The Hall–Kier alpha value is -2.27. The molecule has 0 bridgehead atoms. The van der Waals surface area contributed by atoms with Crippen LogP contribution >= 0.6 is 23.1 Å². The fraction of sp³-hybridized carbons (Fsp3) is 0.312. The molecule has 3 rings (SSSR count). The highest BCUT2D eigenvalue weighted by atomic mass is 32.2. The predicted octanol–water partition coefficient (Wildman–Crippen LogP) is 4.34. The smallest absolute Gasteiger partial charge is 0.455 e. The van der Waals surface area contributed by atoms with Gasteiger partial charge >= 0.3 is 6.18 Å². The van der Waals surface area contributed by atoms with E-state index in [2.05, 4.69) is 19.9 Å². The van der Waals surface area contributed by atoms with Crippen LogP contribution in [0, 0.1) is 0 Å². The summed E-state index contributed by atoms with van der Waals surface area (Å²) in [6.45, 7) is 0. The zero-order chi connectivity index (χ0) is 19.6. The number of thioether (sulfide) groups is 1. The molecule has 2 aromatic rings. The number of carbonyl (C=O) groups is 1. The SMILES string of the molecule is CSc1nc(N=CC(C(=O)C(F)(F)F)=C(O)c2cccs2)nc(C2CC2)n1. The van der Waals surface area contributed by atoms with Crippen molar-refractivity contribution < 1.29 is 23.1 Å². The average molecular weight is 414 g/mol. The van der Waals surface area contributed by atoms with Crippen molar-refractivity contribution in [3.8, 4) is 0 Å². The number of aliphatic hydroxyl groups is 1. The number of hydrogen-bond acceptors (Lipinski definition) is 8. The second-order valence-electron chi connectivity index (χ2n) is 5.58. The molecule has 0 aromatic carbocycles. The number of aliphatic hydroxyl groups excluding tert-OH is 1. The highest BCUT2D eigenvalue weighted by molar-refractivity contribution is 7.98. The molecule has 1 aliphatic carbocycles. The number of hydrogen-bond donors (Lipinski definition) is 1. The molecule has 1 fully saturated rings. The molecule has 1 saturated carbocycles. The monoisotopic (exact) mass is 414 g/mol. The third-order valence-electron chi connectivity index (χ3n) is 3.57. The molecule has 0 saturated heterocycles. The molecule has 6 nitrogen and oxygen atoms in total. The first-order valence-corrected chi connectivity index (χ1v) is 9.82. The second kappa shape index (κ2) is 7.77. The van der Waals surface area contributed by atoms with E-state index in [-0.39, 0.29) is 16.7 Å². The van der Waals surface area contributed by atoms with Gasteiger partial charge in [0.1, 0.15) is 11.6 Å². The Morgan fingerprint density at radius 2 is 2.11 bits per heavy atom. The summed E-state index contributed by atoms with van der Waals surface area (Å²) in [6.07, 6.45) is -0.896. The molecule has 0 unspecified atom stereocenters. The van der Waals surface area contributed by atoms with Crippen LogP contribution in [0.15, 0.2) is 33.2 Å². The largest absolute Gasteiger partial charge is 0.506 e. The summed E-state index contributed by atoms with van der Waals surface area (Å²) in [7, 11) is 0. The number of carbonyl (C=O) groups excluding carboxylic acids is 1. The lowest BCUT2D eigenvalue weighted by molar-refractivity contribution is -0.165. The summed E-state index contributed by atoms with van der Waals surface area (Å²) in [4.78, 5) is 28.1. The number of halogens is 3. The van der Waals surface area contributed by atoms with Crippen LogP contribution in [0.4, 0.5) is 19.1 Å². The Morgan fingerprint density at radius 1 is 1.37 bits per heavy atom. The van der Waals surface area contributed by atoms with Crippen LogP contribution in [0.5, 0.6) is 0 Å². The minimum atomic E-state index is -5.16. The molecule has 1 N–H and O–H groups in total. The van der Waals surface area contributed by atoms with Crippen LogP contribution in [-0.4, -0.2) is 44.5 Å². The molecule has 142 valence electrons. The fourth-order valence-electron chi connectivity index (χ4n) is 2.08. The fourth-order valence-corrected chi connectivity index (χ4v) is 3.12. The number of Topliss-reactive ketones (excluding diaryl/α,β-unsaturated/α-hetero) is 1. The van der Waals surface area contributed by atoms with Crippen LogP contribution in [0.1, 0.15) is 29.5 Å². The molecule has 0 radical (unpaired) electrons. The van der Waals surface area contributed by atoms with E-state index in [0.29, 0.717) is 17.2 Å².